The monoisotopic (exact) mass is 599 g/mol. The largest absolute Gasteiger partial charge is 0.493 e. The number of rotatable bonds is 7. The number of nitrogens with one attached hydrogen (secondary N) is 1. The van der Waals surface area contributed by atoms with E-state index in [9.17, 15) is 9.59 Å². The van der Waals surface area contributed by atoms with Crippen LogP contribution in [0.3, 0.4) is 0 Å². The third kappa shape index (κ3) is 4.21. The average molecular weight is 600 g/mol. The normalized spacial score (nSPS) is 15.8. The summed E-state index contributed by atoms with van der Waals surface area (Å²) in [5.41, 5.74) is 1.16. The van der Waals surface area contributed by atoms with Crippen molar-refractivity contribution in [3.63, 3.8) is 0 Å². The number of carbonyl (C=O) groups is 1. The van der Waals surface area contributed by atoms with Crippen molar-refractivity contribution in [2.24, 2.45) is 0 Å². The Labute approximate surface area is 252 Å². The number of anilines is 2. The van der Waals surface area contributed by atoms with E-state index in [0.717, 1.165) is 12.8 Å². The van der Waals surface area contributed by atoms with E-state index in [2.05, 4.69) is 14.8 Å². The second-order valence-corrected chi connectivity index (χ2v) is 11.2. The summed E-state index contributed by atoms with van der Waals surface area (Å²) < 4.78 is 23.1. The van der Waals surface area contributed by atoms with Crippen molar-refractivity contribution < 1.29 is 13.9 Å². The fourth-order valence-electron chi connectivity index (χ4n) is 6.01. The van der Waals surface area contributed by atoms with Gasteiger partial charge in [0.05, 0.1) is 30.1 Å². The van der Waals surface area contributed by atoms with E-state index in [0.29, 0.717) is 59.9 Å². The Bertz CT molecular complexity index is 1920. The Morgan fingerprint density at radius 1 is 1.19 bits per heavy atom. The highest BCUT2D eigenvalue weighted by Crippen LogP contribution is 2.49. The van der Waals surface area contributed by atoms with Crippen LogP contribution in [0.25, 0.3) is 21.7 Å². The van der Waals surface area contributed by atoms with Crippen LogP contribution in [0.4, 0.5) is 21.5 Å². The molecular formula is C31H30FN7O3S. The number of nitrogens with zero attached hydrogens (tertiary/aromatic N) is 6. The van der Waals surface area contributed by atoms with E-state index < -0.39 is 11.4 Å². The highest BCUT2D eigenvalue weighted by molar-refractivity contribution is 7.81. The molecule has 1 aliphatic carbocycles. The molecule has 2 aromatic heterocycles. The quantitative estimate of drug-likeness (QED) is 0.212. The molecule has 1 amide bonds. The number of benzene rings is 2. The predicted octanol–water partition coefficient (Wildman–Crippen LogP) is 5.80. The Kier molecular flexibility index (Phi) is 7.01. The van der Waals surface area contributed by atoms with Crippen LogP contribution in [-0.4, -0.2) is 42.7 Å². The third-order valence-electron chi connectivity index (χ3n) is 8.28. The molecule has 1 N–H and O–H groups in total. The molecule has 1 spiro atoms. The fraction of sp³-hybridized carbons (Fsp3) is 0.355. The molecule has 0 unspecified atom stereocenters. The minimum Gasteiger partial charge on any atom is -0.493 e. The molecule has 43 heavy (non-hydrogen) atoms. The first-order valence-electron chi connectivity index (χ1n) is 14.3. The smallest absolute Gasteiger partial charge is 0.277 e. The van der Waals surface area contributed by atoms with E-state index in [1.165, 1.54) is 24.0 Å². The van der Waals surface area contributed by atoms with Gasteiger partial charge in [-0.25, -0.2) is 18.7 Å². The van der Waals surface area contributed by atoms with Crippen LogP contribution >= 0.6 is 12.2 Å². The molecule has 2 aromatic carbocycles. The van der Waals surface area contributed by atoms with Gasteiger partial charge in [-0.05, 0) is 88.5 Å². The first kappa shape index (κ1) is 28.5. The minimum absolute atomic E-state index is 0.0233. The Balaban J connectivity index is 1.50. The number of hydrogen-bond acceptors (Lipinski definition) is 6. The number of aryl methyl sites for hydroxylation is 2. The maximum Gasteiger partial charge on any atom is 0.277 e. The van der Waals surface area contributed by atoms with Gasteiger partial charge >= 0.3 is 0 Å². The number of hydrogen-bond donors (Lipinski definition) is 1. The molecule has 0 radical (unpaired) electrons. The van der Waals surface area contributed by atoms with Gasteiger partial charge in [0.15, 0.2) is 22.1 Å². The molecular weight excluding hydrogens is 569 g/mol. The lowest BCUT2D eigenvalue weighted by Crippen LogP contribution is -2.55. The van der Waals surface area contributed by atoms with Crippen LogP contribution in [0.1, 0.15) is 56.6 Å². The van der Waals surface area contributed by atoms with Crippen molar-refractivity contribution in [1.29, 1.82) is 0 Å². The molecule has 6 rings (SSSR count). The Hall–Kier alpha value is -4.63. The maximum atomic E-state index is 15.5. The molecule has 220 valence electrons. The van der Waals surface area contributed by atoms with Crippen LogP contribution in [0.5, 0.6) is 5.75 Å². The fourth-order valence-corrected chi connectivity index (χ4v) is 6.47. The summed E-state index contributed by atoms with van der Waals surface area (Å²) in [4.78, 5) is 41.1. The summed E-state index contributed by atoms with van der Waals surface area (Å²) in [5, 5.41) is 4.92. The molecule has 1 saturated carbocycles. The van der Waals surface area contributed by atoms with Crippen LogP contribution < -0.4 is 20.1 Å². The summed E-state index contributed by atoms with van der Waals surface area (Å²) in [5.74, 6) is 0.508. The van der Waals surface area contributed by atoms with Crippen LogP contribution in [-0.2, 0) is 11.2 Å². The molecule has 1 saturated heterocycles. The standard InChI is InChI=1S/C31H30FN7O3S/c1-6-9-24-34-18(4)26-28(40)35-27(36-39(24)26)20-16-19(10-13-23(20)42-7-2)38-30(43)37(29(41)31(38)14-8-15-31)22-12-11-21(33-5)17(3)25(22)32/h10-13,16H,6-9,14-15H2,1-4H3,(H,35,36,40). The van der Waals surface area contributed by atoms with Gasteiger partial charge < -0.3 is 14.6 Å². The van der Waals surface area contributed by atoms with E-state index in [4.69, 9.17) is 28.6 Å². The van der Waals surface area contributed by atoms with Gasteiger partial charge in [-0.2, -0.15) is 0 Å². The van der Waals surface area contributed by atoms with Gasteiger partial charge in [0.2, 0.25) is 0 Å². The van der Waals surface area contributed by atoms with E-state index in [1.807, 2.05) is 19.9 Å². The van der Waals surface area contributed by atoms with Gasteiger partial charge in [-0.1, -0.05) is 13.0 Å². The number of amides is 1. The zero-order valence-electron chi connectivity index (χ0n) is 24.3. The number of fused-ring (bicyclic) bond motifs is 1. The Morgan fingerprint density at radius 2 is 1.95 bits per heavy atom. The predicted molar refractivity (Wildman–Crippen MR) is 165 cm³/mol. The second-order valence-electron chi connectivity index (χ2n) is 10.8. The minimum atomic E-state index is -0.971. The van der Waals surface area contributed by atoms with Crippen LogP contribution in [0.15, 0.2) is 35.1 Å². The lowest BCUT2D eigenvalue weighted by Gasteiger charge is -2.43. The zero-order valence-corrected chi connectivity index (χ0v) is 25.1. The van der Waals surface area contributed by atoms with Gasteiger partial charge in [-0.3, -0.25) is 14.5 Å². The lowest BCUT2D eigenvalue weighted by atomic mass is 9.75. The number of carbonyl (C=O) groups excluding carboxylic acids is 1. The molecule has 0 atom stereocenters. The number of imidazole rings is 1. The van der Waals surface area contributed by atoms with Crippen molar-refractivity contribution in [3.05, 3.63) is 75.0 Å². The molecule has 12 heteroatoms. The number of halogens is 1. The third-order valence-corrected chi connectivity index (χ3v) is 8.65. The summed E-state index contributed by atoms with van der Waals surface area (Å²) >= 11 is 5.88. The summed E-state index contributed by atoms with van der Waals surface area (Å²) in [6, 6.07) is 8.31. The van der Waals surface area contributed by atoms with E-state index >= 15 is 4.39 Å². The molecule has 3 heterocycles. The van der Waals surface area contributed by atoms with Crippen LogP contribution in [0.2, 0.25) is 0 Å². The SMILES string of the molecule is [C-]#[N+]c1ccc(N2C(=O)C3(CCC3)N(c3ccc(OCC)c(-c4nn5c(CCC)nc(C)c5c(=O)[nH]4)c3)C2=S)c(F)c1C. The van der Waals surface area contributed by atoms with E-state index in [-0.39, 0.29) is 39.3 Å². The molecule has 2 aliphatic rings. The van der Waals surface area contributed by atoms with Crippen molar-refractivity contribution in [1.82, 2.24) is 19.6 Å². The van der Waals surface area contributed by atoms with Gasteiger partial charge in [0.25, 0.3) is 11.5 Å². The van der Waals surface area contributed by atoms with Gasteiger partial charge in [0, 0.05) is 12.1 Å². The van der Waals surface area contributed by atoms with Crippen molar-refractivity contribution in [3.8, 4) is 17.1 Å². The number of aromatic nitrogens is 4. The second kappa shape index (κ2) is 10.6. The maximum absolute atomic E-state index is 15.5. The molecule has 10 nitrogen and oxygen atoms in total. The summed E-state index contributed by atoms with van der Waals surface area (Å²) in [6.45, 7) is 14.9. The highest BCUT2D eigenvalue weighted by atomic mass is 32.1. The Morgan fingerprint density at radius 3 is 2.60 bits per heavy atom. The van der Waals surface area contributed by atoms with E-state index in [1.54, 1.807) is 28.5 Å². The first-order chi connectivity index (χ1) is 20.7. The lowest BCUT2D eigenvalue weighted by molar-refractivity contribution is -0.123. The molecule has 4 aromatic rings. The van der Waals surface area contributed by atoms with Crippen molar-refractivity contribution in [2.75, 3.05) is 16.4 Å². The van der Waals surface area contributed by atoms with Crippen molar-refractivity contribution >= 4 is 45.8 Å². The van der Waals surface area contributed by atoms with Crippen LogP contribution in [0, 0.1) is 26.2 Å². The summed E-state index contributed by atoms with van der Waals surface area (Å²) in [7, 11) is 0. The zero-order chi connectivity index (χ0) is 30.6. The highest BCUT2D eigenvalue weighted by Gasteiger charge is 2.60. The average Bonchev–Trinajstić information content (AvgIpc) is 3.41. The molecule has 2 fully saturated rings. The van der Waals surface area contributed by atoms with Crippen molar-refractivity contribution in [2.45, 2.75) is 65.3 Å². The van der Waals surface area contributed by atoms with Gasteiger partial charge in [-0.15, -0.1) is 5.10 Å². The number of H-pyrrole nitrogens is 1. The first-order valence-corrected chi connectivity index (χ1v) is 14.7. The molecule has 0 bridgehead atoms. The number of aromatic amines is 1. The topological polar surface area (TPSA) is 100 Å². The number of ether oxygens (including phenoxy) is 1. The summed E-state index contributed by atoms with van der Waals surface area (Å²) in [6.07, 6.45) is 3.38. The molecule has 1 aliphatic heterocycles. The number of thiocarbonyl (C=S) groups is 1. The van der Waals surface area contributed by atoms with Gasteiger partial charge in [0.1, 0.15) is 22.9 Å².